The van der Waals surface area contributed by atoms with Crippen molar-refractivity contribution >= 4 is 33.3 Å². The molecule has 1 aliphatic heterocycles. The zero-order valence-electron chi connectivity index (χ0n) is 18.5. The molecule has 0 aromatic heterocycles. The summed E-state index contributed by atoms with van der Waals surface area (Å²) >= 11 is 0. The van der Waals surface area contributed by atoms with E-state index in [9.17, 15) is 28.1 Å². The van der Waals surface area contributed by atoms with Gasteiger partial charge in [0.05, 0.1) is 41.0 Å². The van der Waals surface area contributed by atoms with E-state index in [1.807, 2.05) is 0 Å². The predicted molar refractivity (Wildman–Crippen MR) is 121 cm³/mol. The van der Waals surface area contributed by atoms with Gasteiger partial charge in [-0.3, -0.25) is 24.0 Å². The lowest BCUT2D eigenvalue weighted by atomic mass is 10.0. The summed E-state index contributed by atoms with van der Waals surface area (Å²) in [7, 11) is -3.42. The third-order valence-electron chi connectivity index (χ3n) is 5.15. The number of nitro groups is 1. The van der Waals surface area contributed by atoms with Gasteiger partial charge in [0, 0.05) is 18.2 Å². The first kappa shape index (κ1) is 24.2. The monoisotopic (exact) mass is 475 g/mol. The molecule has 0 saturated carbocycles. The molecule has 1 amide bonds. The Morgan fingerprint density at radius 1 is 1.21 bits per heavy atom. The van der Waals surface area contributed by atoms with Crippen molar-refractivity contribution in [3.8, 4) is 0 Å². The van der Waals surface area contributed by atoms with Crippen LogP contribution in [0.5, 0.6) is 0 Å². The Kier molecular flexibility index (Phi) is 7.01. The van der Waals surface area contributed by atoms with Crippen LogP contribution in [0.25, 0.3) is 0 Å². The molecule has 0 saturated heterocycles. The maximum atomic E-state index is 13.0. The average molecular weight is 476 g/mol. The molecular formula is C22H25N3O7S. The highest BCUT2D eigenvalue weighted by Gasteiger charge is 2.29. The number of sulfonamides is 1. The van der Waals surface area contributed by atoms with E-state index in [4.69, 9.17) is 4.74 Å². The van der Waals surface area contributed by atoms with Crippen LogP contribution in [-0.4, -0.2) is 44.1 Å². The van der Waals surface area contributed by atoms with E-state index in [2.05, 4.69) is 5.32 Å². The number of carbonyl (C=O) groups is 2. The number of para-hydroxylation sites is 1. The number of ether oxygens (including phenoxy) is 1. The molecule has 1 N–H and O–H groups in total. The van der Waals surface area contributed by atoms with E-state index in [1.54, 1.807) is 32.0 Å². The van der Waals surface area contributed by atoms with Gasteiger partial charge in [-0.1, -0.05) is 18.2 Å². The zero-order valence-corrected chi connectivity index (χ0v) is 19.3. The molecular weight excluding hydrogens is 450 g/mol. The fourth-order valence-electron chi connectivity index (χ4n) is 3.76. The van der Waals surface area contributed by atoms with Crippen LogP contribution in [0.3, 0.4) is 0 Å². The highest BCUT2D eigenvalue weighted by Crippen LogP contribution is 2.32. The lowest BCUT2D eigenvalue weighted by Crippen LogP contribution is -2.31. The van der Waals surface area contributed by atoms with E-state index in [0.717, 1.165) is 6.26 Å². The van der Waals surface area contributed by atoms with E-state index in [0.29, 0.717) is 24.2 Å². The fourth-order valence-corrected chi connectivity index (χ4v) is 4.72. The van der Waals surface area contributed by atoms with Crippen molar-refractivity contribution in [3.05, 3.63) is 69.3 Å². The van der Waals surface area contributed by atoms with Crippen LogP contribution >= 0.6 is 0 Å². The Hall–Kier alpha value is -3.47. The molecule has 0 aliphatic carbocycles. The molecule has 2 aromatic rings. The molecule has 176 valence electrons. The Balaban J connectivity index is 1.90. The van der Waals surface area contributed by atoms with Crippen LogP contribution in [0.1, 0.15) is 47.8 Å². The van der Waals surface area contributed by atoms with Crippen molar-refractivity contribution < 1.29 is 27.7 Å². The van der Waals surface area contributed by atoms with Gasteiger partial charge >= 0.3 is 5.97 Å². The second-order valence-electron chi connectivity index (χ2n) is 8.01. The van der Waals surface area contributed by atoms with E-state index in [-0.39, 0.29) is 29.3 Å². The normalized spacial score (nSPS) is 14.0. The average Bonchev–Trinajstić information content (AvgIpc) is 3.16. The van der Waals surface area contributed by atoms with Crippen LogP contribution in [0.4, 0.5) is 11.4 Å². The molecule has 1 aliphatic rings. The number of nitrogens with zero attached hydrogens (tertiary/aromatic N) is 2. The Morgan fingerprint density at radius 2 is 1.91 bits per heavy atom. The van der Waals surface area contributed by atoms with Gasteiger partial charge in [-0.15, -0.1) is 0 Å². The van der Waals surface area contributed by atoms with Crippen molar-refractivity contribution in [3.63, 3.8) is 0 Å². The number of anilines is 1. The Labute approximate surface area is 191 Å². The minimum atomic E-state index is -3.42. The fraction of sp³-hybridized carbons (Fsp3) is 0.364. The number of hydrogen-bond donors (Lipinski definition) is 1. The number of rotatable bonds is 8. The summed E-state index contributed by atoms with van der Waals surface area (Å²) in [6, 6.07) is 9.53. The standard InChI is InChI=1S/C22H25N3O7S/c1-14(2)32-21(26)13-18(17-6-4-5-7-20(17)25(28)29)23-22(27)16-8-9-19-15(12-16)10-11-24(19)33(3,30)31/h4-9,12,14,18H,10-11,13H2,1-3H3,(H,23,27). The number of carbonyl (C=O) groups excluding carboxylic acids is 2. The second kappa shape index (κ2) is 9.57. The van der Waals surface area contributed by atoms with Gasteiger partial charge in [-0.25, -0.2) is 8.42 Å². The smallest absolute Gasteiger partial charge is 0.308 e. The summed E-state index contributed by atoms with van der Waals surface area (Å²) in [4.78, 5) is 36.3. The SMILES string of the molecule is CC(C)OC(=O)CC(NC(=O)c1ccc2c(c1)CCN2S(C)(=O)=O)c1ccccc1[N+](=O)[O-]. The third-order valence-corrected chi connectivity index (χ3v) is 6.33. The summed E-state index contributed by atoms with van der Waals surface area (Å²) in [6.07, 6.45) is 0.907. The number of nitro benzene ring substituents is 1. The topological polar surface area (TPSA) is 136 Å². The summed E-state index contributed by atoms with van der Waals surface area (Å²) < 4.78 is 30.3. The molecule has 0 fully saturated rings. The van der Waals surface area contributed by atoms with Gasteiger partial charge in [-0.05, 0) is 44.0 Å². The first-order chi connectivity index (χ1) is 15.5. The van der Waals surface area contributed by atoms with Gasteiger partial charge in [0.1, 0.15) is 0 Å². The van der Waals surface area contributed by atoms with Crippen molar-refractivity contribution in [2.75, 3.05) is 17.1 Å². The van der Waals surface area contributed by atoms with Gasteiger partial charge in [-0.2, -0.15) is 0 Å². The molecule has 1 heterocycles. The number of hydrogen-bond acceptors (Lipinski definition) is 7. The summed E-state index contributed by atoms with van der Waals surface area (Å²) in [5, 5.41) is 14.2. The third kappa shape index (κ3) is 5.67. The van der Waals surface area contributed by atoms with Crippen LogP contribution in [-0.2, 0) is 26.0 Å². The maximum Gasteiger partial charge on any atom is 0.308 e. The maximum absolute atomic E-state index is 13.0. The number of fused-ring (bicyclic) bond motifs is 1. The van der Waals surface area contributed by atoms with Gasteiger partial charge in [0.25, 0.3) is 11.6 Å². The van der Waals surface area contributed by atoms with Crippen LogP contribution < -0.4 is 9.62 Å². The summed E-state index contributed by atoms with van der Waals surface area (Å²) in [5.74, 6) is -1.15. The molecule has 2 aromatic carbocycles. The Morgan fingerprint density at radius 3 is 2.55 bits per heavy atom. The van der Waals surface area contributed by atoms with E-state index in [1.165, 1.54) is 28.6 Å². The number of benzene rings is 2. The molecule has 1 unspecified atom stereocenters. The number of esters is 1. The van der Waals surface area contributed by atoms with E-state index < -0.39 is 32.9 Å². The molecule has 33 heavy (non-hydrogen) atoms. The van der Waals surface area contributed by atoms with Crippen molar-refractivity contribution in [1.82, 2.24) is 5.32 Å². The highest BCUT2D eigenvalue weighted by atomic mass is 32.2. The molecule has 0 spiro atoms. The number of nitrogens with one attached hydrogen (secondary N) is 1. The Bertz CT molecular complexity index is 1190. The van der Waals surface area contributed by atoms with Gasteiger partial charge in [0.2, 0.25) is 10.0 Å². The lowest BCUT2D eigenvalue weighted by Gasteiger charge is -2.20. The predicted octanol–water partition coefficient (Wildman–Crippen LogP) is 2.73. The molecule has 10 nitrogen and oxygen atoms in total. The molecule has 0 radical (unpaired) electrons. The van der Waals surface area contributed by atoms with Crippen molar-refractivity contribution in [2.24, 2.45) is 0 Å². The van der Waals surface area contributed by atoms with Gasteiger partial charge in [0.15, 0.2) is 0 Å². The summed E-state index contributed by atoms with van der Waals surface area (Å²) in [5.41, 5.74) is 1.43. The molecule has 1 atom stereocenters. The van der Waals surface area contributed by atoms with Crippen LogP contribution in [0.2, 0.25) is 0 Å². The lowest BCUT2D eigenvalue weighted by molar-refractivity contribution is -0.385. The first-order valence-electron chi connectivity index (χ1n) is 10.3. The van der Waals surface area contributed by atoms with Crippen LogP contribution in [0.15, 0.2) is 42.5 Å². The molecule has 3 rings (SSSR count). The van der Waals surface area contributed by atoms with E-state index >= 15 is 0 Å². The minimum absolute atomic E-state index is 0.181. The van der Waals surface area contributed by atoms with Crippen molar-refractivity contribution in [1.29, 1.82) is 0 Å². The zero-order chi connectivity index (χ0) is 24.3. The van der Waals surface area contributed by atoms with Crippen molar-refractivity contribution in [2.45, 2.75) is 38.8 Å². The highest BCUT2D eigenvalue weighted by molar-refractivity contribution is 7.92. The number of amides is 1. The molecule has 0 bridgehead atoms. The van der Waals surface area contributed by atoms with Crippen LogP contribution in [0, 0.1) is 10.1 Å². The largest absolute Gasteiger partial charge is 0.463 e. The van der Waals surface area contributed by atoms with Gasteiger partial charge < -0.3 is 10.1 Å². The second-order valence-corrected chi connectivity index (χ2v) is 9.92. The molecule has 11 heteroatoms. The minimum Gasteiger partial charge on any atom is -0.463 e. The first-order valence-corrected chi connectivity index (χ1v) is 12.2. The summed E-state index contributed by atoms with van der Waals surface area (Å²) in [6.45, 7) is 3.65. The quantitative estimate of drug-likeness (QED) is 0.352.